The van der Waals surface area contributed by atoms with Gasteiger partial charge in [0.15, 0.2) is 0 Å². The van der Waals surface area contributed by atoms with Crippen LogP contribution in [0.15, 0.2) is 15.7 Å². The van der Waals surface area contributed by atoms with E-state index in [1.54, 1.807) is 6.92 Å². The molecule has 1 aromatic rings. The SMILES string of the molecule is CCOC(=O)C1CCCN(C(=O)c2cc(=O)[nH]c(=O)[nH]2)C1. The minimum atomic E-state index is -0.732. The van der Waals surface area contributed by atoms with Gasteiger partial charge >= 0.3 is 11.7 Å². The van der Waals surface area contributed by atoms with Gasteiger partial charge in [-0.1, -0.05) is 0 Å². The molecule has 1 amide bonds. The largest absolute Gasteiger partial charge is 0.466 e. The van der Waals surface area contributed by atoms with Gasteiger partial charge in [-0.2, -0.15) is 0 Å². The highest BCUT2D eigenvalue weighted by Gasteiger charge is 2.30. The van der Waals surface area contributed by atoms with Crippen LogP contribution in [0.4, 0.5) is 0 Å². The highest BCUT2D eigenvalue weighted by molar-refractivity contribution is 5.92. The summed E-state index contributed by atoms with van der Waals surface area (Å²) in [6.07, 6.45) is 1.33. The van der Waals surface area contributed by atoms with Crippen molar-refractivity contribution in [1.82, 2.24) is 14.9 Å². The van der Waals surface area contributed by atoms with E-state index < -0.39 is 17.2 Å². The third-order valence-electron chi connectivity index (χ3n) is 3.32. The molecule has 114 valence electrons. The lowest BCUT2D eigenvalue weighted by Gasteiger charge is -2.31. The van der Waals surface area contributed by atoms with E-state index in [4.69, 9.17) is 4.74 Å². The van der Waals surface area contributed by atoms with Gasteiger partial charge in [0, 0.05) is 19.2 Å². The molecule has 8 heteroatoms. The Kier molecular flexibility index (Phi) is 4.56. The van der Waals surface area contributed by atoms with Gasteiger partial charge in [-0.15, -0.1) is 0 Å². The Morgan fingerprint density at radius 2 is 2.14 bits per heavy atom. The molecule has 1 unspecified atom stereocenters. The molecule has 2 heterocycles. The molecule has 0 aliphatic carbocycles. The maximum absolute atomic E-state index is 12.3. The third kappa shape index (κ3) is 3.59. The number of aromatic nitrogens is 2. The maximum Gasteiger partial charge on any atom is 0.326 e. The van der Waals surface area contributed by atoms with Crippen LogP contribution in [-0.4, -0.2) is 46.4 Å². The first kappa shape index (κ1) is 15.0. The molecular formula is C13H17N3O5. The van der Waals surface area contributed by atoms with Crippen molar-refractivity contribution in [3.63, 3.8) is 0 Å². The van der Waals surface area contributed by atoms with E-state index in [1.807, 2.05) is 4.98 Å². The number of likely N-dealkylation sites (tertiary alicyclic amines) is 1. The van der Waals surface area contributed by atoms with E-state index >= 15 is 0 Å². The summed E-state index contributed by atoms with van der Waals surface area (Å²) in [5.41, 5.74) is -1.45. The number of rotatable bonds is 3. The molecule has 0 aromatic carbocycles. The molecule has 1 atom stereocenters. The van der Waals surface area contributed by atoms with Crippen LogP contribution in [0.2, 0.25) is 0 Å². The van der Waals surface area contributed by atoms with Crippen molar-refractivity contribution in [2.45, 2.75) is 19.8 Å². The van der Waals surface area contributed by atoms with Crippen LogP contribution in [-0.2, 0) is 9.53 Å². The maximum atomic E-state index is 12.3. The number of H-pyrrole nitrogens is 2. The number of nitrogens with zero attached hydrogens (tertiary/aromatic N) is 1. The number of piperidine rings is 1. The minimum Gasteiger partial charge on any atom is -0.466 e. The summed E-state index contributed by atoms with van der Waals surface area (Å²) >= 11 is 0. The quantitative estimate of drug-likeness (QED) is 0.729. The number of carbonyl (C=O) groups excluding carboxylic acids is 2. The van der Waals surface area contributed by atoms with Crippen LogP contribution >= 0.6 is 0 Å². The van der Waals surface area contributed by atoms with Crippen LogP contribution in [0.25, 0.3) is 0 Å². The van der Waals surface area contributed by atoms with E-state index in [-0.39, 0.29) is 24.1 Å². The number of aromatic amines is 2. The second kappa shape index (κ2) is 6.38. The summed E-state index contributed by atoms with van der Waals surface area (Å²) in [5.74, 6) is -1.15. The smallest absolute Gasteiger partial charge is 0.326 e. The molecule has 8 nitrogen and oxygen atoms in total. The topological polar surface area (TPSA) is 112 Å². The van der Waals surface area contributed by atoms with E-state index in [0.717, 1.165) is 6.07 Å². The number of nitrogens with one attached hydrogen (secondary N) is 2. The standard InChI is InChI=1S/C13H17N3O5/c1-2-21-12(19)8-4-3-5-16(7-8)11(18)9-6-10(17)15-13(20)14-9/h6,8H,2-5,7H2,1H3,(H2,14,15,17,20). The monoisotopic (exact) mass is 295 g/mol. The van der Waals surface area contributed by atoms with Crippen LogP contribution in [0.1, 0.15) is 30.3 Å². The predicted octanol–water partition coefficient (Wildman–Crippen LogP) is -0.521. The third-order valence-corrected chi connectivity index (χ3v) is 3.32. The number of ether oxygens (including phenoxy) is 1. The van der Waals surface area contributed by atoms with Gasteiger partial charge < -0.3 is 14.6 Å². The average Bonchev–Trinajstić information content (AvgIpc) is 2.46. The second-order valence-corrected chi connectivity index (χ2v) is 4.84. The average molecular weight is 295 g/mol. The Morgan fingerprint density at radius 1 is 1.38 bits per heavy atom. The zero-order valence-corrected chi connectivity index (χ0v) is 11.7. The summed E-state index contributed by atoms with van der Waals surface area (Å²) < 4.78 is 4.96. The van der Waals surface area contributed by atoms with Gasteiger partial charge in [-0.3, -0.25) is 19.4 Å². The number of esters is 1. The number of amides is 1. The van der Waals surface area contributed by atoms with Crippen LogP contribution in [0.3, 0.4) is 0 Å². The first-order valence-corrected chi connectivity index (χ1v) is 6.80. The molecule has 0 saturated carbocycles. The van der Waals surface area contributed by atoms with Gasteiger partial charge in [0.25, 0.3) is 11.5 Å². The molecule has 21 heavy (non-hydrogen) atoms. The fourth-order valence-electron chi connectivity index (χ4n) is 2.37. The second-order valence-electron chi connectivity index (χ2n) is 4.84. The Bertz CT molecular complexity index is 619. The van der Waals surface area contributed by atoms with Crippen molar-refractivity contribution in [3.8, 4) is 0 Å². The normalized spacial score (nSPS) is 18.3. The molecule has 1 aromatic heterocycles. The van der Waals surface area contributed by atoms with E-state index in [2.05, 4.69) is 4.98 Å². The lowest BCUT2D eigenvalue weighted by atomic mass is 9.98. The van der Waals surface area contributed by atoms with Crippen LogP contribution in [0.5, 0.6) is 0 Å². The van der Waals surface area contributed by atoms with Gasteiger partial charge in [0.1, 0.15) is 5.69 Å². The van der Waals surface area contributed by atoms with Crippen molar-refractivity contribution in [2.75, 3.05) is 19.7 Å². The summed E-state index contributed by atoms with van der Waals surface area (Å²) in [4.78, 5) is 52.2. The number of carbonyl (C=O) groups is 2. The molecule has 0 bridgehead atoms. The lowest BCUT2D eigenvalue weighted by molar-refractivity contribution is -0.149. The van der Waals surface area contributed by atoms with Crippen molar-refractivity contribution >= 4 is 11.9 Å². The molecule has 0 radical (unpaired) electrons. The molecule has 1 fully saturated rings. The Hall–Kier alpha value is -2.38. The first-order chi connectivity index (χ1) is 10.0. The van der Waals surface area contributed by atoms with Gasteiger partial charge in [-0.25, -0.2) is 4.79 Å². The molecule has 1 saturated heterocycles. The fraction of sp³-hybridized carbons (Fsp3) is 0.538. The number of hydrogen-bond donors (Lipinski definition) is 2. The molecule has 2 rings (SSSR count). The van der Waals surface area contributed by atoms with E-state index in [1.165, 1.54) is 4.90 Å². The predicted molar refractivity (Wildman–Crippen MR) is 72.9 cm³/mol. The fourth-order valence-corrected chi connectivity index (χ4v) is 2.37. The summed E-state index contributed by atoms with van der Waals surface area (Å²) in [7, 11) is 0. The highest BCUT2D eigenvalue weighted by Crippen LogP contribution is 2.19. The Balaban J connectivity index is 2.13. The van der Waals surface area contributed by atoms with Gasteiger partial charge in [0.05, 0.1) is 12.5 Å². The zero-order chi connectivity index (χ0) is 15.4. The Morgan fingerprint density at radius 3 is 2.81 bits per heavy atom. The molecular weight excluding hydrogens is 278 g/mol. The molecule has 1 aliphatic heterocycles. The molecule has 0 spiro atoms. The van der Waals surface area contributed by atoms with Gasteiger partial charge in [0.2, 0.25) is 0 Å². The van der Waals surface area contributed by atoms with Gasteiger partial charge in [-0.05, 0) is 19.8 Å². The minimum absolute atomic E-state index is 0.0757. The lowest BCUT2D eigenvalue weighted by Crippen LogP contribution is -2.44. The molecule has 1 aliphatic rings. The van der Waals surface area contributed by atoms with Crippen molar-refractivity contribution in [2.24, 2.45) is 5.92 Å². The highest BCUT2D eigenvalue weighted by atomic mass is 16.5. The van der Waals surface area contributed by atoms with E-state index in [0.29, 0.717) is 26.0 Å². The summed E-state index contributed by atoms with van der Waals surface area (Å²) in [5, 5.41) is 0. The summed E-state index contributed by atoms with van der Waals surface area (Å²) in [6, 6.07) is 1.04. The molecule has 2 N–H and O–H groups in total. The first-order valence-electron chi connectivity index (χ1n) is 6.80. The van der Waals surface area contributed by atoms with Crippen molar-refractivity contribution in [1.29, 1.82) is 0 Å². The van der Waals surface area contributed by atoms with Crippen molar-refractivity contribution < 1.29 is 14.3 Å². The summed E-state index contributed by atoms with van der Waals surface area (Å²) in [6.45, 7) is 2.73. The van der Waals surface area contributed by atoms with E-state index in [9.17, 15) is 19.2 Å². The van der Waals surface area contributed by atoms with Crippen molar-refractivity contribution in [3.05, 3.63) is 32.6 Å². The Labute approximate surface area is 120 Å². The van der Waals surface area contributed by atoms with Crippen LogP contribution in [0, 0.1) is 5.92 Å². The van der Waals surface area contributed by atoms with Crippen LogP contribution < -0.4 is 11.2 Å². The zero-order valence-electron chi connectivity index (χ0n) is 11.7. The number of hydrogen-bond acceptors (Lipinski definition) is 5.